The molecule has 92 valence electrons. The molecule has 0 saturated carbocycles. The van der Waals surface area contributed by atoms with Crippen molar-refractivity contribution in [3.05, 3.63) is 29.8 Å². The van der Waals surface area contributed by atoms with Gasteiger partial charge in [0, 0.05) is 27.1 Å². The lowest BCUT2D eigenvalue weighted by Crippen LogP contribution is -2.27. The summed E-state index contributed by atoms with van der Waals surface area (Å²) in [6, 6.07) is 6.74. The smallest absolute Gasteiger partial charge is 0.337 e. The van der Waals surface area contributed by atoms with Crippen LogP contribution in [0.3, 0.4) is 0 Å². The van der Waals surface area contributed by atoms with Crippen molar-refractivity contribution in [2.24, 2.45) is 0 Å². The summed E-state index contributed by atoms with van der Waals surface area (Å²) in [5.41, 5.74) is 0.857. The van der Waals surface area contributed by atoms with Crippen LogP contribution in [-0.2, 0) is 4.79 Å². The highest BCUT2D eigenvalue weighted by atomic mass is 16.4. The topological polar surface area (TPSA) is 69.6 Å². The molecule has 0 fully saturated rings. The Hall–Kier alpha value is -2.04. The zero-order chi connectivity index (χ0) is 12.8. The Morgan fingerprint density at radius 3 is 2.59 bits per heavy atom. The molecule has 0 unspecified atom stereocenters. The van der Waals surface area contributed by atoms with E-state index < -0.39 is 5.97 Å². The zero-order valence-corrected chi connectivity index (χ0v) is 9.93. The van der Waals surface area contributed by atoms with E-state index in [4.69, 9.17) is 5.11 Å². The molecule has 0 radical (unpaired) electrons. The summed E-state index contributed by atoms with van der Waals surface area (Å²) in [5.74, 6) is -1.03. The molecular formula is C12H16N2O3. The zero-order valence-electron chi connectivity index (χ0n) is 9.93. The first-order chi connectivity index (χ1) is 8.06. The van der Waals surface area contributed by atoms with Crippen molar-refractivity contribution in [2.45, 2.75) is 6.42 Å². The summed E-state index contributed by atoms with van der Waals surface area (Å²) in [6.07, 6.45) is 0.334. The van der Waals surface area contributed by atoms with Crippen LogP contribution in [0.2, 0.25) is 0 Å². The van der Waals surface area contributed by atoms with Gasteiger partial charge in [0.25, 0.3) is 0 Å². The van der Waals surface area contributed by atoms with Crippen molar-refractivity contribution in [3.63, 3.8) is 0 Å². The van der Waals surface area contributed by atoms with Gasteiger partial charge in [0.2, 0.25) is 5.91 Å². The normalized spacial score (nSPS) is 9.76. The number of hydrogen-bond donors (Lipinski definition) is 2. The van der Waals surface area contributed by atoms with E-state index in [0.717, 1.165) is 0 Å². The summed E-state index contributed by atoms with van der Waals surface area (Å²) in [5, 5.41) is 11.6. The van der Waals surface area contributed by atoms with Crippen LogP contribution in [0.15, 0.2) is 24.3 Å². The average molecular weight is 236 g/mol. The van der Waals surface area contributed by atoms with Gasteiger partial charge in [-0.15, -0.1) is 0 Å². The van der Waals surface area contributed by atoms with Gasteiger partial charge in [-0.3, -0.25) is 4.79 Å². The van der Waals surface area contributed by atoms with Gasteiger partial charge in [-0.1, -0.05) is 12.1 Å². The molecule has 2 N–H and O–H groups in total. The number of amides is 1. The summed E-state index contributed by atoms with van der Waals surface area (Å²) < 4.78 is 0. The molecule has 5 nitrogen and oxygen atoms in total. The monoisotopic (exact) mass is 236 g/mol. The minimum absolute atomic E-state index is 0.0651. The number of carbonyl (C=O) groups is 2. The molecule has 1 aromatic carbocycles. The Morgan fingerprint density at radius 1 is 1.35 bits per heavy atom. The average Bonchev–Trinajstić information content (AvgIpc) is 2.35. The highest BCUT2D eigenvalue weighted by Crippen LogP contribution is 2.19. The summed E-state index contributed by atoms with van der Waals surface area (Å²) >= 11 is 0. The van der Waals surface area contributed by atoms with E-state index >= 15 is 0 Å². The number of aromatic carboxylic acids is 1. The number of rotatable bonds is 5. The van der Waals surface area contributed by atoms with E-state index in [1.165, 1.54) is 0 Å². The number of carboxylic acid groups (broad SMARTS) is 1. The number of carbonyl (C=O) groups excluding carboxylic acids is 1. The fraction of sp³-hybridized carbons (Fsp3) is 0.333. The van der Waals surface area contributed by atoms with Crippen molar-refractivity contribution < 1.29 is 14.7 Å². The summed E-state index contributed by atoms with van der Waals surface area (Å²) in [6.45, 7) is 0.476. The van der Waals surface area contributed by atoms with Gasteiger partial charge in [-0.25, -0.2) is 4.79 Å². The van der Waals surface area contributed by atoms with E-state index in [9.17, 15) is 9.59 Å². The SMILES string of the molecule is CNC(=O)CCN(C)c1ccccc1C(=O)O. The van der Waals surface area contributed by atoms with Crippen LogP contribution in [0.4, 0.5) is 5.69 Å². The van der Waals surface area contributed by atoms with Crippen LogP contribution in [0.1, 0.15) is 16.8 Å². The molecule has 0 aliphatic heterocycles. The quantitative estimate of drug-likeness (QED) is 0.798. The largest absolute Gasteiger partial charge is 0.478 e. The number of nitrogens with one attached hydrogen (secondary N) is 1. The number of para-hydroxylation sites is 1. The van der Waals surface area contributed by atoms with Crippen LogP contribution in [-0.4, -0.2) is 37.6 Å². The maximum atomic E-state index is 11.1. The Bertz CT molecular complexity index is 418. The predicted octanol–water partition coefficient (Wildman–Crippen LogP) is 0.957. The molecular weight excluding hydrogens is 220 g/mol. The molecule has 0 spiro atoms. The van der Waals surface area contributed by atoms with E-state index in [0.29, 0.717) is 18.7 Å². The molecule has 0 atom stereocenters. The second-order valence-corrected chi connectivity index (χ2v) is 3.67. The number of anilines is 1. The van der Waals surface area contributed by atoms with Crippen molar-refractivity contribution in [1.29, 1.82) is 0 Å². The molecule has 1 amide bonds. The maximum Gasteiger partial charge on any atom is 0.337 e. The van der Waals surface area contributed by atoms with E-state index in [-0.39, 0.29) is 11.5 Å². The van der Waals surface area contributed by atoms with Gasteiger partial charge in [-0.2, -0.15) is 0 Å². The van der Waals surface area contributed by atoms with Crippen LogP contribution >= 0.6 is 0 Å². The van der Waals surface area contributed by atoms with Crippen molar-refractivity contribution in [1.82, 2.24) is 5.32 Å². The fourth-order valence-corrected chi connectivity index (χ4v) is 1.50. The van der Waals surface area contributed by atoms with E-state index in [1.54, 1.807) is 43.3 Å². The minimum Gasteiger partial charge on any atom is -0.478 e. The second kappa shape index (κ2) is 5.89. The minimum atomic E-state index is -0.965. The van der Waals surface area contributed by atoms with Crippen molar-refractivity contribution in [3.8, 4) is 0 Å². The lowest BCUT2D eigenvalue weighted by Gasteiger charge is -2.20. The molecule has 0 aliphatic rings. The van der Waals surface area contributed by atoms with E-state index in [2.05, 4.69) is 5.32 Å². The molecule has 1 rings (SSSR count). The third kappa shape index (κ3) is 3.48. The maximum absolute atomic E-state index is 11.1. The molecule has 0 aromatic heterocycles. The van der Waals surface area contributed by atoms with Gasteiger partial charge < -0.3 is 15.3 Å². The van der Waals surface area contributed by atoms with Crippen molar-refractivity contribution >= 4 is 17.6 Å². The Labute approximate surface area is 100 Å². The molecule has 0 heterocycles. The number of hydrogen-bond acceptors (Lipinski definition) is 3. The molecule has 17 heavy (non-hydrogen) atoms. The first-order valence-corrected chi connectivity index (χ1v) is 5.30. The Kier molecular flexibility index (Phi) is 4.51. The molecule has 0 saturated heterocycles. The summed E-state index contributed by atoms with van der Waals surface area (Å²) in [4.78, 5) is 23.9. The highest BCUT2D eigenvalue weighted by molar-refractivity contribution is 5.94. The fourth-order valence-electron chi connectivity index (χ4n) is 1.50. The van der Waals surface area contributed by atoms with Gasteiger partial charge in [0.15, 0.2) is 0 Å². The van der Waals surface area contributed by atoms with E-state index in [1.807, 2.05) is 0 Å². The van der Waals surface area contributed by atoms with Gasteiger partial charge in [0.05, 0.1) is 11.3 Å². The lowest BCUT2D eigenvalue weighted by atomic mass is 10.1. The number of carboxylic acids is 1. The first kappa shape index (κ1) is 13.0. The van der Waals surface area contributed by atoms with Gasteiger partial charge >= 0.3 is 5.97 Å². The highest BCUT2D eigenvalue weighted by Gasteiger charge is 2.12. The summed E-state index contributed by atoms with van der Waals surface area (Å²) in [7, 11) is 3.35. The third-order valence-electron chi connectivity index (χ3n) is 2.50. The lowest BCUT2D eigenvalue weighted by molar-refractivity contribution is -0.120. The van der Waals surface area contributed by atoms with Gasteiger partial charge in [0.1, 0.15) is 0 Å². The Morgan fingerprint density at radius 2 is 2.00 bits per heavy atom. The number of benzene rings is 1. The Balaban J connectivity index is 2.78. The first-order valence-electron chi connectivity index (χ1n) is 5.30. The molecule has 1 aromatic rings. The van der Waals surface area contributed by atoms with Crippen LogP contribution in [0.5, 0.6) is 0 Å². The number of nitrogens with zero attached hydrogens (tertiary/aromatic N) is 1. The molecule has 5 heteroatoms. The van der Waals surface area contributed by atoms with Crippen LogP contribution in [0.25, 0.3) is 0 Å². The second-order valence-electron chi connectivity index (χ2n) is 3.67. The standard InChI is InChI=1S/C12H16N2O3/c1-13-11(15)7-8-14(2)10-6-4-3-5-9(10)12(16)17/h3-6H,7-8H2,1-2H3,(H,13,15)(H,16,17). The molecule has 0 aliphatic carbocycles. The molecule has 0 bridgehead atoms. The van der Waals surface area contributed by atoms with Crippen LogP contribution < -0.4 is 10.2 Å². The van der Waals surface area contributed by atoms with Crippen LogP contribution in [0, 0.1) is 0 Å². The van der Waals surface area contributed by atoms with Crippen molar-refractivity contribution in [2.75, 3.05) is 25.5 Å². The van der Waals surface area contributed by atoms with Gasteiger partial charge in [-0.05, 0) is 12.1 Å². The third-order valence-corrected chi connectivity index (χ3v) is 2.50. The predicted molar refractivity (Wildman–Crippen MR) is 65.4 cm³/mol.